The van der Waals surface area contributed by atoms with E-state index < -0.39 is 5.72 Å². The van der Waals surface area contributed by atoms with Gasteiger partial charge in [0, 0.05) is 36.9 Å². The van der Waals surface area contributed by atoms with Crippen LogP contribution < -0.4 is 0 Å². The highest BCUT2D eigenvalue weighted by Gasteiger charge is 2.53. The third kappa shape index (κ3) is 8.23. The van der Waals surface area contributed by atoms with Gasteiger partial charge in [-0.05, 0) is 98.6 Å². The molecular weight excluding hydrogens is 400 g/mol. The maximum Gasteiger partial charge on any atom is 0.119 e. The van der Waals surface area contributed by atoms with E-state index in [1.54, 1.807) is 0 Å². The summed E-state index contributed by atoms with van der Waals surface area (Å²) in [5.74, 6) is 0. The molecule has 2 N–H and O–H groups in total. The van der Waals surface area contributed by atoms with Crippen molar-refractivity contribution in [3.8, 4) is 0 Å². The average molecular weight is 459 g/mol. The maximum absolute atomic E-state index is 10.1. The van der Waals surface area contributed by atoms with Gasteiger partial charge in [0.05, 0.1) is 0 Å². The molecule has 0 saturated heterocycles. The van der Waals surface area contributed by atoms with Crippen molar-refractivity contribution in [2.75, 3.05) is 34.4 Å². The second-order valence-electron chi connectivity index (χ2n) is 13.6. The summed E-state index contributed by atoms with van der Waals surface area (Å²) >= 11 is 0. The molecule has 0 spiro atoms. The van der Waals surface area contributed by atoms with Crippen molar-refractivity contribution in [2.24, 2.45) is 10.8 Å². The third-order valence-electron chi connectivity index (χ3n) is 7.78. The van der Waals surface area contributed by atoms with Gasteiger partial charge in [-0.25, -0.2) is 0 Å². The summed E-state index contributed by atoms with van der Waals surface area (Å²) in [4.78, 5) is 4.92. The van der Waals surface area contributed by atoms with Gasteiger partial charge in [-0.2, -0.15) is 0 Å². The zero-order chi connectivity index (χ0) is 25.8. The van der Waals surface area contributed by atoms with Gasteiger partial charge in [-0.1, -0.05) is 34.6 Å². The molecule has 2 unspecified atom stereocenters. The number of aliphatic hydroxyl groups is 2. The Balaban J connectivity index is 6.80. The lowest BCUT2D eigenvalue weighted by molar-refractivity contribution is -0.232. The minimum Gasteiger partial charge on any atom is -0.396 e. The molecule has 5 nitrogen and oxygen atoms in total. The molecule has 0 aliphatic heterocycles. The minimum atomic E-state index is -0.571. The molecule has 0 radical (unpaired) electrons. The first-order valence-corrected chi connectivity index (χ1v) is 12.4. The highest BCUT2D eigenvalue weighted by atomic mass is 16.5. The number of hydrogen-bond donors (Lipinski definition) is 2. The van der Waals surface area contributed by atoms with Gasteiger partial charge in [0.1, 0.15) is 5.72 Å². The first-order valence-electron chi connectivity index (χ1n) is 12.4. The van der Waals surface area contributed by atoms with Crippen LogP contribution >= 0.6 is 0 Å². The monoisotopic (exact) mass is 458 g/mol. The van der Waals surface area contributed by atoms with Crippen LogP contribution in [-0.2, 0) is 4.74 Å². The van der Waals surface area contributed by atoms with E-state index in [1.165, 1.54) is 0 Å². The average Bonchev–Trinajstić information content (AvgIpc) is 2.59. The highest BCUT2D eigenvalue weighted by Crippen LogP contribution is 2.48. The molecule has 0 aliphatic rings. The molecule has 0 bridgehead atoms. The van der Waals surface area contributed by atoms with Crippen molar-refractivity contribution in [3.05, 3.63) is 0 Å². The summed E-state index contributed by atoms with van der Waals surface area (Å²) in [6, 6.07) is 0. The number of rotatable bonds is 15. The van der Waals surface area contributed by atoms with Crippen molar-refractivity contribution >= 4 is 0 Å². The SMILES string of the molecule is CCC(C)(CC(C)(C)CCO)N(C(C)(C)CC(C)(C)N(C)C)C(C)(CC(C)(C)CO)OC. The summed E-state index contributed by atoms with van der Waals surface area (Å²) in [7, 11) is 6.10. The van der Waals surface area contributed by atoms with Crippen LogP contribution in [0.25, 0.3) is 0 Å². The van der Waals surface area contributed by atoms with Gasteiger partial charge < -0.3 is 19.8 Å². The molecule has 0 saturated carbocycles. The zero-order valence-electron chi connectivity index (χ0n) is 24.1. The van der Waals surface area contributed by atoms with E-state index in [2.05, 4.69) is 100 Å². The number of hydrogen-bond acceptors (Lipinski definition) is 5. The van der Waals surface area contributed by atoms with E-state index in [-0.39, 0.29) is 40.7 Å². The van der Waals surface area contributed by atoms with E-state index in [0.29, 0.717) is 0 Å². The Kier molecular flexibility index (Phi) is 11.0. The Bertz CT molecular complexity index is 571. The Morgan fingerprint density at radius 3 is 1.56 bits per heavy atom. The van der Waals surface area contributed by atoms with E-state index in [9.17, 15) is 10.2 Å². The Hall–Kier alpha value is -0.200. The standard InChI is InChI=1S/C27H58N2O3/c1-15-26(10,18-22(2,3)16-17-30)29(25(8,9)20-24(6,7)28(12)13)27(11,32-14)19-23(4,5)21-31/h30-31H,15-21H2,1-14H3. The van der Waals surface area contributed by atoms with Crippen LogP contribution in [0.2, 0.25) is 0 Å². The summed E-state index contributed by atoms with van der Waals surface area (Å²) < 4.78 is 6.37. The molecule has 32 heavy (non-hydrogen) atoms. The fourth-order valence-electron chi connectivity index (χ4n) is 6.21. The largest absolute Gasteiger partial charge is 0.396 e. The number of aliphatic hydroxyl groups excluding tert-OH is 2. The van der Waals surface area contributed by atoms with Crippen LogP contribution in [0.1, 0.15) is 108 Å². The Morgan fingerprint density at radius 1 is 0.719 bits per heavy atom. The predicted molar refractivity (Wildman–Crippen MR) is 138 cm³/mol. The molecule has 0 fully saturated rings. The molecule has 194 valence electrons. The van der Waals surface area contributed by atoms with Crippen molar-refractivity contribution in [1.82, 2.24) is 9.80 Å². The van der Waals surface area contributed by atoms with Crippen molar-refractivity contribution < 1.29 is 14.9 Å². The molecule has 0 aromatic rings. The van der Waals surface area contributed by atoms with Crippen LogP contribution in [-0.4, -0.2) is 76.8 Å². The predicted octanol–water partition coefficient (Wildman–Crippen LogP) is 5.54. The molecule has 0 aromatic carbocycles. The van der Waals surface area contributed by atoms with E-state index in [4.69, 9.17) is 4.74 Å². The van der Waals surface area contributed by atoms with Crippen LogP contribution in [0.5, 0.6) is 0 Å². The fourth-order valence-corrected chi connectivity index (χ4v) is 6.21. The molecule has 5 heteroatoms. The quantitative estimate of drug-likeness (QED) is 0.316. The van der Waals surface area contributed by atoms with Gasteiger partial charge in [0.25, 0.3) is 0 Å². The molecule has 0 heterocycles. The Morgan fingerprint density at radius 2 is 1.22 bits per heavy atom. The molecule has 0 aliphatic carbocycles. The summed E-state index contributed by atoms with van der Waals surface area (Å²) in [5.41, 5.74) is -1.21. The van der Waals surface area contributed by atoms with Crippen molar-refractivity contribution in [1.29, 1.82) is 0 Å². The van der Waals surface area contributed by atoms with Gasteiger partial charge in [0.2, 0.25) is 0 Å². The van der Waals surface area contributed by atoms with Crippen LogP contribution in [0.4, 0.5) is 0 Å². The Labute approximate surface area is 200 Å². The lowest BCUT2D eigenvalue weighted by Gasteiger charge is -2.61. The number of methoxy groups -OCH3 is 1. The van der Waals surface area contributed by atoms with E-state index in [1.807, 2.05) is 7.11 Å². The first kappa shape index (κ1) is 31.8. The minimum absolute atomic E-state index is 0.00182. The number of ether oxygens (including phenoxy) is 1. The second-order valence-corrected chi connectivity index (χ2v) is 13.6. The molecular formula is C27H58N2O3. The summed E-state index contributed by atoms with van der Waals surface area (Å²) in [6.45, 7) is 25.2. The zero-order valence-corrected chi connectivity index (χ0v) is 24.1. The third-order valence-corrected chi connectivity index (χ3v) is 7.78. The first-order chi connectivity index (χ1) is 14.2. The maximum atomic E-state index is 10.1. The van der Waals surface area contributed by atoms with Gasteiger partial charge in [0.15, 0.2) is 0 Å². The fraction of sp³-hybridized carbons (Fsp3) is 1.00. The van der Waals surface area contributed by atoms with E-state index >= 15 is 0 Å². The van der Waals surface area contributed by atoms with Crippen LogP contribution in [0, 0.1) is 10.8 Å². The summed E-state index contributed by atoms with van der Waals surface area (Å²) in [6.07, 6.45) is 4.36. The smallest absolute Gasteiger partial charge is 0.119 e. The number of nitrogens with zero attached hydrogens (tertiary/aromatic N) is 2. The van der Waals surface area contributed by atoms with Crippen LogP contribution in [0.3, 0.4) is 0 Å². The molecule has 0 aromatic heterocycles. The van der Waals surface area contributed by atoms with Crippen molar-refractivity contribution in [2.45, 2.75) is 131 Å². The lowest BCUT2D eigenvalue weighted by atomic mass is 9.70. The topological polar surface area (TPSA) is 56.2 Å². The van der Waals surface area contributed by atoms with Gasteiger partial charge in [-0.3, -0.25) is 4.90 Å². The van der Waals surface area contributed by atoms with Gasteiger partial charge >= 0.3 is 0 Å². The van der Waals surface area contributed by atoms with Crippen LogP contribution in [0.15, 0.2) is 0 Å². The normalized spacial score (nSPS) is 18.2. The molecule has 2 atom stereocenters. The molecule has 0 amide bonds. The highest BCUT2D eigenvalue weighted by molar-refractivity contribution is 5.05. The van der Waals surface area contributed by atoms with Gasteiger partial charge in [-0.15, -0.1) is 0 Å². The van der Waals surface area contributed by atoms with Crippen molar-refractivity contribution in [3.63, 3.8) is 0 Å². The molecule has 0 rings (SSSR count). The van der Waals surface area contributed by atoms with E-state index in [0.717, 1.165) is 32.1 Å². The summed E-state index contributed by atoms with van der Waals surface area (Å²) in [5, 5.41) is 19.8. The second kappa shape index (κ2) is 11.0. The lowest BCUT2D eigenvalue weighted by Crippen LogP contribution is -2.69.